The van der Waals surface area contributed by atoms with E-state index in [4.69, 9.17) is 0 Å². The Morgan fingerprint density at radius 3 is 1.18 bits per heavy atom. The minimum atomic E-state index is -0.858. The van der Waals surface area contributed by atoms with Gasteiger partial charge in [0.1, 0.15) is 0 Å². The summed E-state index contributed by atoms with van der Waals surface area (Å²) in [4.78, 5) is 12.3. The zero-order chi connectivity index (χ0) is 37.1. The average Bonchev–Trinajstić information content (AvgIpc) is 3.13. The number of amides is 1. The minimum absolute atomic E-state index is 0.0754. The van der Waals surface area contributed by atoms with Gasteiger partial charge in [-0.15, -0.1) is 0 Å². The number of carbonyl (C=O) groups excluding carboxylic acids is 1. The van der Waals surface area contributed by atoms with Crippen molar-refractivity contribution >= 4 is 5.91 Å². The Labute approximate surface area is 319 Å². The van der Waals surface area contributed by atoms with Crippen LogP contribution >= 0.6 is 0 Å². The van der Waals surface area contributed by atoms with Gasteiger partial charge in [-0.2, -0.15) is 0 Å². The number of aliphatic hydroxyl groups is 2. The van der Waals surface area contributed by atoms with Gasteiger partial charge >= 0.3 is 0 Å². The molecule has 0 aliphatic heterocycles. The lowest BCUT2D eigenvalue weighted by atomic mass is 10.0. The molecule has 0 aliphatic rings. The van der Waals surface area contributed by atoms with Gasteiger partial charge in [0.15, 0.2) is 0 Å². The van der Waals surface area contributed by atoms with Gasteiger partial charge in [-0.25, -0.2) is 0 Å². The van der Waals surface area contributed by atoms with E-state index in [9.17, 15) is 15.0 Å². The summed E-state index contributed by atoms with van der Waals surface area (Å²) in [6.07, 6.45) is 57.1. The molecule has 0 aromatic carbocycles. The molecule has 0 heterocycles. The Bertz CT molecular complexity index is 775. The molecule has 2 unspecified atom stereocenters. The first-order valence-electron chi connectivity index (χ1n) is 22.7. The highest BCUT2D eigenvalue weighted by molar-refractivity contribution is 5.76. The number of hydrogen-bond donors (Lipinski definition) is 3. The Balaban J connectivity index is 3.43. The molecule has 4 heteroatoms. The zero-order valence-corrected chi connectivity index (χ0v) is 34.4. The molecule has 2 atom stereocenters. The van der Waals surface area contributed by atoms with E-state index in [0.717, 1.165) is 32.1 Å². The molecule has 1 amide bonds. The highest BCUT2D eigenvalue weighted by Crippen LogP contribution is 2.15. The number of aliphatic hydroxyl groups excluding tert-OH is 2. The number of rotatable bonds is 41. The van der Waals surface area contributed by atoms with E-state index in [2.05, 4.69) is 43.5 Å². The third-order valence-electron chi connectivity index (χ3n) is 10.3. The maximum Gasteiger partial charge on any atom is 0.220 e. The highest BCUT2D eigenvalue weighted by Gasteiger charge is 2.17. The second-order valence-corrected chi connectivity index (χ2v) is 15.5. The Hall–Kier alpha value is -1.39. The summed E-state index contributed by atoms with van der Waals surface area (Å²) in [5.74, 6) is -0.0754. The number of hydrogen-bond acceptors (Lipinski definition) is 3. The maximum absolute atomic E-state index is 12.3. The van der Waals surface area contributed by atoms with Crippen molar-refractivity contribution < 1.29 is 15.0 Å². The number of carbonyl (C=O) groups is 1. The molecule has 0 rings (SSSR count). The first kappa shape index (κ1) is 49.6. The lowest BCUT2D eigenvalue weighted by molar-refractivity contribution is -0.123. The summed E-state index contributed by atoms with van der Waals surface area (Å²) in [6.45, 7) is 4.25. The molecule has 0 spiro atoms. The van der Waals surface area contributed by atoms with Crippen molar-refractivity contribution in [2.45, 2.75) is 251 Å². The van der Waals surface area contributed by atoms with Crippen LogP contribution in [0.3, 0.4) is 0 Å². The van der Waals surface area contributed by atoms with Gasteiger partial charge in [-0.3, -0.25) is 4.79 Å². The normalized spacial score (nSPS) is 13.3. The quantitative estimate of drug-likeness (QED) is 0.0436. The second kappa shape index (κ2) is 43.0. The van der Waals surface area contributed by atoms with Gasteiger partial charge in [-0.05, 0) is 57.8 Å². The minimum Gasteiger partial charge on any atom is -0.394 e. The standard InChI is InChI=1S/C47H89NO3/c1-3-5-7-9-11-13-14-15-16-17-18-19-20-21-22-23-24-25-26-27-28-29-30-31-32-33-35-37-39-41-43-47(51)48-45(44-49)46(50)42-40-38-36-34-12-10-8-6-4-2/h12,21-22,34,40,42,45-46,49-50H,3-11,13-20,23-33,35-39,41,43-44H2,1-2H3,(H,48,51)/b22-21-,34-12+,42-40+. The SMILES string of the molecule is CCCCC/C=C/CC/C=C/C(O)C(CO)NC(=O)CCCCCCCCCCCCCCCC/C=C\CCCCCCCCCCCCCC. The van der Waals surface area contributed by atoms with Crippen molar-refractivity contribution in [3.05, 3.63) is 36.5 Å². The van der Waals surface area contributed by atoms with Crippen LogP contribution in [0, 0.1) is 0 Å². The van der Waals surface area contributed by atoms with E-state index < -0.39 is 12.1 Å². The third-order valence-corrected chi connectivity index (χ3v) is 10.3. The molecule has 4 nitrogen and oxygen atoms in total. The molecule has 0 fully saturated rings. The topological polar surface area (TPSA) is 69.6 Å². The van der Waals surface area contributed by atoms with Crippen molar-refractivity contribution in [3.8, 4) is 0 Å². The van der Waals surface area contributed by atoms with Gasteiger partial charge in [0.25, 0.3) is 0 Å². The zero-order valence-electron chi connectivity index (χ0n) is 34.4. The van der Waals surface area contributed by atoms with Gasteiger partial charge in [-0.1, -0.05) is 211 Å². The van der Waals surface area contributed by atoms with Gasteiger partial charge < -0.3 is 15.5 Å². The monoisotopic (exact) mass is 716 g/mol. The fraction of sp³-hybridized carbons (Fsp3) is 0.851. The first-order valence-corrected chi connectivity index (χ1v) is 22.7. The largest absolute Gasteiger partial charge is 0.394 e. The molecule has 0 aromatic rings. The Morgan fingerprint density at radius 2 is 0.765 bits per heavy atom. The summed E-state index contributed by atoms with van der Waals surface area (Å²) in [7, 11) is 0. The number of unbranched alkanes of at least 4 members (excludes halogenated alkanes) is 30. The molecule has 0 bridgehead atoms. The molecule has 0 radical (unpaired) electrons. The van der Waals surface area contributed by atoms with Crippen LogP contribution < -0.4 is 5.32 Å². The van der Waals surface area contributed by atoms with E-state index in [1.54, 1.807) is 6.08 Å². The third kappa shape index (κ3) is 39.6. The lowest BCUT2D eigenvalue weighted by Gasteiger charge is -2.19. The smallest absolute Gasteiger partial charge is 0.220 e. The van der Waals surface area contributed by atoms with E-state index in [1.807, 2.05) is 6.08 Å². The highest BCUT2D eigenvalue weighted by atomic mass is 16.3. The van der Waals surface area contributed by atoms with Crippen LogP contribution in [0.2, 0.25) is 0 Å². The van der Waals surface area contributed by atoms with Crippen molar-refractivity contribution in [1.29, 1.82) is 0 Å². The Kier molecular flexibility index (Phi) is 41.8. The predicted octanol–water partition coefficient (Wildman–Crippen LogP) is 14.2. The Morgan fingerprint density at radius 1 is 0.451 bits per heavy atom. The molecule has 3 N–H and O–H groups in total. The predicted molar refractivity (Wildman–Crippen MR) is 225 cm³/mol. The molecular weight excluding hydrogens is 627 g/mol. The molecule has 51 heavy (non-hydrogen) atoms. The van der Waals surface area contributed by atoms with Crippen LogP contribution in [0.1, 0.15) is 239 Å². The van der Waals surface area contributed by atoms with Crippen LogP contribution in [0.25, 0.3) is 0 Å². The van der Waals surface area contributed by atoms with Crippen molar-refractivity contribution in [2.75, 3.05) is 6.61 Å². The molecule has 0 saturated carbocycles. The van der Waals surface area contributed by atoms with E-state index >= 15 is 0 Å². The molecular formula is C47H89NO3. The van der Waals surface area contributed by atoms with Crippen molar-refractivity contribution in [2.24, 2.45) is 0 Å². The lowest BCUT2D eigenvalue weighted by Crippen LogP contribution is -2.45. The maximum atomic E-state index is 12.3. The van der Waals surface area contributed by atoms with Crippen molar-refractivity contribution in [3.63, 3.8) is 0 Å². The van der Waals surface area contributed by atoms with E-state index in [1.165, 1.54) is 186 Å². The fourth-order valence-corrected chi connectivity index (χ4v) is 6.84. The average molecular weight is 716 g/mol. The molecule has 0 aliphatic carbocycles. The molecule has 0 aromatic heterocycles. The number of nitrogens with one attached hydrogen (secondary N) is 1. The van der Waals surface area contributed by atoms with Gasteiger partial charge in [0, 0.05) is 6.42 Å². The summed E-state index contributed by atoms with van der Waals surface area (Å²) in [5, 5.41) is 22.8. The summed E-state index contributed by atoms with van der Waals surface area (Å²) in [6, 6.07) is -0.635. The fourth-order valence-electron chi connectivity index (χ4n) is 6.84. The van der Waals surface area contributed by atoms with Gasteiger partial charge in [0.05, 0.1) is 18.8 Å². The van der Waals surface area contributed by atoms with Crippen LogP contribution in [-0.2, 0) is 4.79 Å². The van der Waals surface area contributed by atoms with Crippen LogP contribution in [0.15, 0.2) is 36.5 Å². The summed E-state index contributed by atoms with van der Waals surface area (Å²) in [5.41, 5.74) is 0. The van der Waals surface area contributed by atoms with Gasteiger partial charge in [0.2, 0.25) is 5.91 Å². The van der Waals surface area contributed by atoms with Crippen LogP contribution in [0.5, 0.6) is 0 Å². The number of allylic oxidation sites excluding steroid dienone is 5. The summed E-state index contributed by atoms with van der Waals surface area (Å²) < 4.78 is 0. The van der Waals surface area contributed by atoms with E-state index in [-0.39, 0.29) is 12.5 Å². The molecule has 0 saturated heterocycles. The van der Waals surface area contributed by atoms with E-state index in [0.29, 0.717) is 6.42 Å². The van der Waals surface area contributed by atoms with Crippen LogP contribution in [0.4, 0.5) is 0 Å². The second-order valence-electron chi connectivity index (χ2n) is 15.5. The first-order chi connectivity index (χ1) is 25.2. The molecule has 300 valence electrons. The summed E-state index contributed by atoms with van der Waals surface area (Å²) >= 11 is 0. The van der Waals surface area contributed by atoms with Crippen LogP contribution in [-0.4, -0.2) is 34.9 Å². The van der Waals surface area contributed by atoms with Crippen molar-refractivity contribution in [1.82, 2.24) is 5.32 Å².